The van der Waals surface area contributed by atoms with Crippen LogP contribution < -0.4 is 4.74 Å². The van der Waals surface area contributed by atoms with Crippen LogP contribution in [-0.4, -0.2) is 29.3 Å². The zero-order valence-electron chi connectivity index (χ0n) is 12.3. The maximum Gasteiger partial charge on any atom is 0.122 e. The minimum Gasteiger partial charge on any atom is -0.491 e. The summed E-state index contributed by atoms with van der Waals surface area (Å²) in [4.78, 5) is 2.26. The number of hydrogen-bond donors (Lipinski definition) is 1. The van der Waals surface area contributed by atoms with E-state index in [0.29, 0.717) is 13.2 Å². The Balaban J connectivity index is 1.50. The molecule has 0 bridgehead atoms. The van der Waals surface area contributed by atoms with Crippen molar-refractivity contribution in [3.63, 3.8) is 0 Å². The lowest BCUT2D eigenvalue weighted by Gasteiger charge is -2.20. The van der Waals surface area contributed by atoms with E-state index < -0.39 is 6.10 Å². The van der Waals surface area contributed by atoms with Crippen LogP contribution in [0, 0.1) is 6.92 Å². The Kier molecular flexibility index (Phi) is 4.23. The van der Waals surface area contributed by atoms with Crippen molar-refractivity contribution in [2.75, 3.05) is 13.2 Å². The molecule has 1 aliphatic rings. The highest BCUT2D eigenvalue weighted by Gasteiger charge is 2.20. The Hall–Kier alpha value is -1.84. The predicted molar refractivity (Wildman–Crippen MR) is 83.2 cm³/mol. The van der Waals surface area contributed by atoms with Gasteiger partial charge < -0.3 is 9.84 Å². The van der Waals surface area contributed by atoms with Crippen LogP contribution in [0.2, 0.25) is 0 Å². The van der Waals surface area contributed by atoms with Gasteiger partial charge in [-0.25, -0.2) is 0 Å². The summed E-state index contributed by atoms with van der Waals surface area (Å²) in [5.74, 6) is 0.848. The summed E-state index contributed by atoms with van der Waals surface area (Å²) in [5.41, 5.74) is 3.83. The first-order chi connectivity index (χ1) is 10.2. The van der Waals surface area contributed by atoms with E-state index in [0.717, 1.165) is 24.4 Å². The first-order valence-corrected chi connectivity index (χ1v) is 7.38. The van der Waals surface area contributed by atoms with Crippen molar-refractivity contribution in [2.24, 2.45) is 0 Å². The Morgan fingerprint density at radius 2 is 1.67 bits per heavy atom. The number of β-amino-alcohol motifs (C(OH)–C–C–N with tert-alkyl or cyclic N) is 1. The summed E-state index contributed by atoms with van der Waals surface area (Å²) in [6, 6.07) is 16.3. The second kappa shape index (κ2) is 6.29. The van der Waals surface area contributed by atoms with Crippen LogP contribution in [0.4, 0.5) is 0 Å². The molecule has 21 heavy (non-hydrogen) atoms. The zero-order chi connectivity index (χ0) is 14.7. The molecule has 0 aromatic heterocycles. The quantitative estimate of drug-likeness (QED) is 0.916. The lowest BCUT2D eigenvalue weighted by atomic mass is 10.1. The van der Waals surface area contributed by atoms with Crippen molar-refractivity contribution < 1.29 is 9.84 Å². The van der Waals surface area contributed by atoms with E-state index in [9.17, 15) is 5.11 Å². The number of aliphatic hydroxyl groups is 1. The van der Waals surface area contributed by atoms with Crippen LogP contribution >= 0.6 is 0 Å². The van der Waals surface area contributed by atoms with Gasteiger partial charge in [0.2, 0.25) is 0 Å². The van der Waals surface area contributed by atoms with Crippen molar-refractivity contribution in [3.05, 3.63) is 65.2 Å². The number of benzene rings is 2. The van der Waals surface area contributed by atoms with E-state index in [1.807, 2.05) is 31.2 Å². The summed E-state index contributed by atoms with van der Waals surface area (Å²) in [6.07, 6.45) is -0.473. The monoisotopic (exact) mass is 283 g/mol. The van der Waals surface area contributed by atoms with Crippen molar-refractivity contribution in [3.8, 4) is 5.75 Å². The van der Waals surface area contributed by atoms with Gasteiger partial charge in [-0.3, -0.25) is 4.90 Å². The van der Waals surface area contributed by atoms with Gasteiger partial charge in [0.25, 0.3) is 0 Å². The molecule has 1 aliphatic heterocycles. The molecule has 1 unspecified atom stereocenters. The van der Waals surface area contributed by atoms with E-state index in [1.54, 1.807) is 0 Å². The topological polar surface area (TPSA) is 32.7 Å². The molecular weight excluding hydrogens is 262 g/mol. The van der Waals surface area contributed by atoms with Crippen molar-refractivity contribution in [1.29, 1.82) is 0 Å². The highest BCUT2D eigenvalue weighted by Crippen LogP contribution is 2.22. The number of ether oxygens (including phenoxy) is 1. The molecule has 1 atom stereocenters. The molecule has 3 heteroatoms. The van der Waals surface area contributed by atoms with Crippen molar-refractivity contribution in [2.45, 2.75) is 26.1 Å². The highest BCUT2D eigenvalue weighted by molar-refractivity contribution is 5.32. The van der Waals surface area contributed by atoms with E-state index >= 15 is 0 Å². The molecule has 0 spiro atoms. The molecule has 3 rings (SSSR count). The molecule has 2 aromatic rings. The second-order valence-electron chi connectivity index (χ2n) is 5.67. The van der Waals surface area contributed by atoms with Crippen LogP contribution in [-0.2, 0) is 13.1 Å². The zero-order valence-corrected chi connectivity index (χ0v) is 12.3. The number of hydrogen-bond acceptors (Lipinski definition) is 3. The fraction of sp³-hybridized carbons (Fsp3) is 0.333. The average molecular weight is 283 g/mol. The normalized spacial score (nSPS) is 15.7. The Labute approximate surface area is 125 Å². The van der Waals surface area contributed by atoms with E-state index in [4.69, 9.17) is 4.74 Å². The van der Waals surface area contributed by atoms with Gasteiger partial charge in [0, 0.05) is 19.6 Å². The molecule has 0 radical (unpaired) electrons. The standard InChI is InChI=1S/C18H21NO2/c1-14-6-2-5-9-18(14)21-13-17(20)12-19-10-15-7-3-4-8-16(15)11-19/h2-9,17,20H,10-13H2,1H3. The van der Waals surface area contributed by atoms with E-state index in [-0.39, 0.29) is 0 Å². The Morgan fingerprint density at radius 1 is 1.05 bits per heavy atom. The molecule has 0 fully saturated rings. The molecule has 2 aromatic carbocycles. The number of fused-ring (bicyclic) bond motifs is 1. The summed E-state index contributed by atoms with van der Waals surface area (Å²) in [5, 5.41) is 10.2. The Morgan fingerprint density at radius 3 is 2.33 bits per heavy atom. The summed E-state index contributed by atoms with van der Waals surface area (Å²) < 4.78 is 5.71. The van der Waals surface area contributed by atoms with Crippen LogP contribution in [0.5, 0.6) is 5.75 Å². The van der Waals surface area contributed by atoms with Gasteiger partial charge in [0.1, 0.15) is 18.5 Å². The van der Waals surface area contributed by atoms with E-state index in [2.05, 4.69) is 29.2 Å². The number of rotatable bonds is 5. The van der Waals surface area contributed by atoms with Crippen LogP contribution in [0.15, 0.2) is 48.5 Å². The lowest BCUT2D eigenvalue weighted by Crippen LogP contribution is -2.32. The van der Waals surface area contributed by atoms with Crippen molar-refractivity contribution in [1.82, 2.24) is 4.90 Å². The van der Waals surface area contributed by atoms with Gasteiger partial charge >= 0.3 is 0 Å². The van der Waals surface area contributed by atoms with Crippen LogP contribution in [0.3, 0.4) is 0 Å². The molecule has 0 aliphatic carbocycles. The minimum atomic E-state index is -0.473. The van der Waals surface area contributed by atoms with Gasteiger partial charge in [-0.2, -0.15) is 0 Å². The third-order valence-corrected chi connectivity index (χ3v) is 3.90. The first-order valence-electron chi connectivity index (χ1n) is 7.38. The van der Waals surface area contributed by atoms with E-state index in [1.165, 1.54) is 11.1 Å². The third-order valence-electron chi connectivity index (χ3n) is 3.90. The minimum absolute atomic E-state index is 0.331. The highest BCUT2D eigenvalue weighted by atomic mass is 16.5. The predicted octanol–water partition coefficient (Wildman–Crippen LogP) is 2.75. The third kappa shape index (κ3) is 3.43. The maximum atomic E-state index is 10.2. The molecule has 0 saturated heterocycles. The number of aryl methyl sites for hydroxylation is 1. The van der Waals surface area contributed by atoms with Crippen LogP contribution in [0.1, 0.15) is 16.7 Å². The number of nitrogens with zero attached hydrogens (tertiary/aromatic N) is 1. The fourth-order valence-corrected chi connectivity index (χ4v) is 2.79. The molecule has 0 saturated carbocycles. The lowest BCUT2D eigenvalue weighted by molar-refractivity contribution is 0.0670. The molecule has 1 N–H and O–H groups in total. The first kappa shape index (κ1) is 14.1. The SMILES string of the molecule is Cc1ccccc1OCC(O)CN1Cc2ccccc2C1. The largest absolute Gasteiger partial charge is 0.491 e. The Bertz CT molecular complexity index is 587. The van der Waals surface area contributed by atoms with Gasteiger partial charge in [0.15, 0.2) is 0 Å². The second-order valence-corrected chi connectivity index (χ2v) is 5.67. The molecule has 1 heterocycles. The fourth-order valence-electron chi connectivity index (χ4n) is 2.79. The summed E-state index contributed by atoms with van der Waals surface area (Å²) in [6.45, 7) is 4.81. The van der Waals surface area contributed by atoms with Gasteiger partial charge in [0.05, 0.1) is 0 Å². The van der Waals surface area contributed by atoms with Gasteiger partial charge in [-0.1, -0.05) is 42.5 Å². The van der Waals surface area contributed by atoms with Crippen LogP contribution in [0.25, 0.3) is 0 Å². The smallest absolute Gasteiger partial charge is 0.122 e. The molecular formula is C18H21NO2. The maximum absolute atomic E-state index is 10.2. The average Bonchev–Trinajstić information content (AvgIpc) is 2.88. The summed E-state index contributed by atoms with van der Waals surface area (Å²) in [7, 11) is 0. The number of para-hydroxylation sites is 1. The molecule has 110 valence electrons. The van der Waals surface area contributed by atoms with Gasteiger partial charge in [-0.15, -0.1) is 0 Å². The van der Waals surface area contributed by atoms with Crippen molar-refractivity contribution >= 4 is 0 Å². The number of aliphatic hydroxyl groups excluding tert-OH is 1. The summed E-state index contributed by atoms with van der Waals surface area (Å²) >= 11 is 0. The molecule has 3 nitrogen and oxygen atoms in total. The molecule has 0 amide bonds. The van der Waals surface area contributed by atoms with Gasteiger partial charge in [-0.05, 0) is 29.7 Å².